The third kappa shape index (κ3) is 6.59. The quantitative estimate of drug-likeness (QED) is 0.241. The molecule has 194 valence electrons. The maximum atomic E-state index is 12.2. The van der Waals surface area contributed by atoms with Gasteiger partial charge in [-0.25, -0.2) is 4.79 Å². The zero-order valence-electron chi connectivity index (χ0n) is 22.6. The van der Waals surface area contributed by atoms with Crippen molar-refractivity contribution in [2.75, 3.05) is 6.61 Å². The molecule has 37 heavy (non-hydrogen) atoms. The maximum absolute atomic E-state index is 12.2. The number of carbonyl (C=O) groups is 1. The standard InChI is InChI=1S/C34H40O3/c1-5-26-20-29(27-10-6-24(4)7-11-27)14-16-32(26)30-15-17-33(28-12-8-25(9-13-28)18-19-35)31(21-30)22-37-34(36)23(2)3/h8-9,12-17,20-21,24,27,35H,2,5-7,10-11,18-19,22H2,1,3-4H3. The van der Waals surface area contributed by atoms with Gasteiger partial charge in [0.1, 0.15) is 6.61 Å². The fourth-order valence-corrected chi connectivity index (χ4v) is 5.44. The molecule has 0 heterocycles. The number of ether oxygens (including phenoxy) is 1. The summed E-state index contributed by atoms with van der Waals surface area (Å²) in [7, 11) is 0. The van der Waals surface area contributed by atoms with Crippen LogP contribution < -0.4 is 0 Å². The van der Waals surface area contributed by atoms with E-state index in [1.165, 1.54) is 42.4 Å². The van der Waals surface area contributed by atoms with Crippen LogP contribution in [0.1, 0.15) is 74.6 Å². The van der Waals surface area contributed by atoms with Crippen LogP contribution >= 0.6 is 0 Å². The predicted molar refractivity (Wildman–Crippen MR) is 152 cm³/mol. The van der Waals surface area contributed by atoms with Gasteiger partial charge in [0.2, 0.25) is 0 Å². The van der Waals surface area contributed by atoms with Gasteiger partial charge in [-0.2, -0.15) is 0 Å². The molecule has 1 saturated carbocycles. The van der Waals surface area contributed by atoms with E-state index in [0.717, 1.165) is 40.2 Å². The molecule has 1 aliphatic carbocycles. The third-order valence-corrected chi connectivity index (χ3v) is 7.79. The fourth-order valence-electron chi connectivity index (χ4n) is 5.44. The number of aliphatic hydroxyl groups is 1. The highest BCUT2D eigenvalue weighted by molar-refractivity contribution is 5.87. The Labute approximate surface area is 222 Å². The Hall–Kier alpha value is -3.17. The molecule has 0 spiro atoms. The van der Waals surface area contributed by atoms with Gasteiger partial charge >= 0.3 is 5.97 Å². The van der Waals surface area contributed by atoms with E-state index < -0.39 is 0 Å². The smallest absolute Gasteiger partial charge is 0.333 e. The lowest BCUT2D eigenvalue weighted by atomic mass is 9.78. The molecule has 1 N–H and O–H groups in total. The van der Waals surface area contributed by atoms with Gasteiger partial charge in [0.15, 0.2) is 0 Å². The first-order valence-electron chi connectivity index (χ1n) is 13.7. The monoisotopic (exact) mass is 496 g/mol. The molecular formula is C34H40O3. The number of benzene rings is 3. The van der Waals surface area contributed by atoms with Crippen molar-refractivity contribution in [3.63, 3.8) is 0 Å². The Morgan fingerprint density at radius 1 is 0.919 bits per heavy atom. The second-order valence-electron chi connectivity index (χ2n) is 10.6. The Kier molecular flexibility index (Phi) is 9.00. The average molecular weight is 497 g/mol. The van der Waals surface area contributed by atoms with Crippen molar-refractivity contribution >= 4 is 5.97 Å². The molecule has 0 atom stereocenters. The van der Waals surface area contributed by atoms with Crippen LogP contribution in [-0.2, 0) is 29.0 Å². The molecule has 1 aliphatic rings. The SMILES string of the molecule is C=C(C)C(=O)OCc1cc(-c2ccc(C3CCC(C)CC3)cc2CC)ccc1-c1ccc(CCO)cc1. The summed E-state index contributed by atoms with van der Waals surface area (Å²) in [5, 5.41) is 9.24. The zero-order chi connectivity index (χ0) is 26.4. The van der Waals surface area contributed by atoms with E-state index in [2.05, 4.69) is 69.0 Å². The van der Waals surface area contributed by atoms with Crippen LogP contribution in [0.25, 0.3) is 22.3 Å². The minimum Gasteiger partial charge on any atom is -0.457 e. The normalized spacial score (nSPS) is 17.4. The molecule has 0 aromatic heterocycles. The molecule has 0 saturated heterocycles. The lowest BCUT2D eigenvalue weighted by Gasteiger charge is -2.27. The van der Waals surface area contributed by atoms with E-state index in [4.69, 9.17) is 4.74 Å². The molecule has 0 unspecified atom stereocenters. The Balaban J connectivity index is 1.68. The highest BCUT2D eigenvalue weighted by atomic mass is 16.5. The second kappa shape index (κ2) is 12.4. The summed E-state index contributed by atoms with van der Waals surface area (Å²) in [6.45, 7) is 10.3. The molecule has 3 heteroatoms. The number of hydrogen-bond acceptors (Lipinski definition) is 3. The van der Waals surface area contributed by atoms with Crippen LogP contribution in [0.3, 0.4) is 0 Å². The Bertz CT molecular complexity index is 1230. The van der Waals surface area contributed by atoms with Crippen molar-refractivity contribution in [2.24, 2.45) is 5.92 Å². The summed E-state index contributed by atoms with van der Waals surface area (Å²) in [5.74, 6) is 1.14. The van der Waals surface area contributed by atoms with Gasteiger partial charge in [-0.15, -0.1) is 0 Å². The molecule has 3 aromatic rings. The lowest BCUT2D eigenvalue weighted by Crippen LogP contribution is -2.11. The second-order valence-corrected chi connectivity index (χ2v) is 10.6. The summed E-state index contributed by atoms with van der Waals surface area (Å²) in [5.41, 5.74) is 9.78. The maximum Gasteiger partial charge on any atom is 0.333 e. The summed E-state index contributed by atoms with van der Waals surface area (Å²) in [4.78, 5) is 12.2. The minimum absolute atomic E-state index is 0.134. The van der Waals surface area contributed by atoms with Crippen molar-refractivity contribution in [1.29, 1.82) is 0 Å². The van der Waals surface area contributed by atoms with Crippen LogP contribution in [0, 0.1) is 5.92 Å². The largest absolute Gasteiger partial charge is 0.457 e. The van der Waals surface area contributed by atoms with Crippen LogP contribution in [0.2, 0.25) is 0 Å². The molecule has 0 aliphatic heterocycles. The van der Waals surface area contributed by atoms with Crippen molar-refractivity contribution in [3.8, 4) is 22.3 Å². The number of rotatable bonds is 9. The van der Waals surface area contributed by atoms with E-state index in [0.29, 0.717) is 17.9 Å². The van der Waals surface area contributed by atoms with Crippen molar-refractivity contribution in [3.05, 3.63) is 95.1 Å². The zero-order valence-corrected chi connectivity index (χ0v) is 22.6. The number of esters is 1. The van der Waals surface area contributed by atoms with E-state index in [9.17, 15) is 9.90 Å². The van der Waals surface area contributed by atoms with Crippen LogP contribution in [0.4, 0.5) is 0 Å². The van der Waals surface area contributed by atoms with E-state index in [1.807, 2.05) is 12.1 Å². The summed E-state index contributed by atoms with van der Waals surface area (Å²) in [6, 6.07) is 21.7. The van der Waals surface area contributed by atoms with Gasteiger partial charge in [-0.1, -0.05) is 87.9 Å². The Morgan fingerprint density at radius 3 is 2.22 bits per heavy atom. The number of carbonyl (C=O) groups excluding carboxylic acids is 1. The van der Waals surface area contributed by atoms with E-state index in [-0.39, 0.29) is 19.2 Å². The van der Waals surface area contributed by atoms with Crippen molar-refractivity contribution < 1.29 is 14.6 Å². The van der Waals surface area contributed by atoms with Gasteiger partial charge in [-0.3, -0.25) is 0 Å². The van der Waals surface area contributed by atoms with Gasteiger partial charge in [0.25, 0.3) is 0 Å². The van der Waals surface area contributed by atoms with Gasteiger partial charge < -0.3 is 9.84 Å². The van der Waals surface area contributed by atoms with Gasteiger partial charge in [-0.05, 0) is 95.0 Å². The lowest BCUT2D eigenvalue weighted by molar-refractivity contribution is -0.140. The van der Waals surface area contributed by atoms with Crippen LogP contribution in [0.5, 0.6) is 0 Å². The van der Waals surface area contributed by atoms with Gasteiger partial charge in [0.05, 0.1) is 0 Å². The summed E-state index contributed by atoms with van der Waals surface area (Å²) < 4.78 is 5.60. The highest BCUT2D eigenvalue weighted by Gasteiger charge is 2.21. The van der Waals surface area contributed by atoms with Crippen molar-refractivity contribution in [2.45, 2.75) is 71.8 Å². The topological polar surface area (TPSA) is 46.5 Å². The minimum atomic E-state index is -0.380. The molecule has 4 rings (SSSR count). The predicted octanol–water partition coefficient (Wildman–Crippen LogP) is 8.03. The average Bonchev–Trinajstić information content (AvgIpc) is 2.92. The molecule has 0 bridgehead atoms. The van der Waals surface area contributed by atoms with E-state index >= 15 is 0 Å². The molecular weight excluding hydrogens is 456 g/mol. The van der Waals surface area contributed by atoms with Gasteiger partial charge in [0, 0.05) is 12.2 Å². The molecule has 3 nitrogen and oxygen atoms in total. The summed E-state index contributed by atoms with van der Waals surface area (Å²) >= 11 is 0. The fraction of sp³-hybridized carbons (Fsp3) is 0.382. The van der Waals surface area contributed by atoms with Crippen molar-refractivity contribution in [1.82, 2.24) is 0 Å². The first-order chi connectivity index (χ1) is 17.9. The number of hydrogen-bond donors (Lipinski definition) is 1. The summed E-state index contributed by atoms with van der Waals surface area (Å²) in [6.07, 6.45) is 6.82. The molecule has 1 fully saturated rings. The van der Waals surface area contributed by atoms with Crippen LogP contribution in [-0.4, -0.2) is 17.7 Å². The molecule has 0 amide bonds. The molecule has 3 aromatic carbocycles. The first-order valence-corrected chi connectivity index (χ1v) is 13.7. The number of aryl methyl sites for hydroxylation is 1. The third-order valence-electron chi connectivity index (χ3n) is 7.79. The highest BCUT2D eigenvalue weighted by Crippen LogP contribution is 2.38. The Morgan fingerprint density at radius 2 is 1.57 bits per heavy atom. The molecule has 0 radical (unpaired) electrons. The number of aliphatic hydroxyl groups excluding tert-OH is 1. The van der Waals surface area contributed by atoms with Crippen LogP contribution in [0.15, 0.2) is 72.8 Å². The first kappa shape index (κ1) is 26.9. The van der Waals surface area contributed by atoms with E-state index in [1.54, 1.807) is 6.92 Å².